The van der Waals surface area contributed by atoms with Crippen molar-refractivity contribution >= 4 is 46.6 Å². The van der Waals surface area contributed by atoms with Gasteiger partial charge in [-0.3, -0.25) is 4.79 Å². The van der Waals surface area contributed by atoms with Gasteiger partial charge in [-0.05, 0) is 54.7 Å². The molecule has 0 aliphatic carbocycles. The molecule has 0 spiro atoms. The van der Waals surface area contributed by atoms with Crippen molar-refractivity contribution in [2.45, 2.75) is 25.9 Å². The summed E-state index contributed by atoms with van der Waals surface area (Å²) < 4.78 is 5.65. The van der Waals surface area contributed by atoms with Crippen LogP contribution in [0.5, 0.6) is 5.75 Å². The molecule has 3 rings (SSSR count). The summed E-state index contributed by atoms with van der Waals surface area (Å²) >= 11 is 17.9. The topological polar surface area (TPSA) is 63.6 Å². The first-order valence-corrected chi connectivity index (χ1v) is 10.6. The first-order valence-electron chi connectivity index (χ1n) is 9.49. The number of Topliss-reactive ketones (excluding diaryl/α,β-unsaturated/α-hetero) is 1. The number of carbonyl (C=O) groups is 2. The van der Waals surface area contributed by atoms with Crippen LogP contribution in [-0.4, -0.2) is 23.0 Å². The van der Waals surface area contributed by atoms with Gasteiger partial charge in [0.05, 0.1) is 15.6 Å². The summed E-state index contributed by atoms with van der Waals surface area (Å²) in [6, 6.07) is 18.1. The van der Waals surface area contributed by atoms with Crippen molar-refractivity contribution < 1.29 is 19.4 Å². The second-order valence-corrected chi connectivity index (χ2v) is 8.26. The maximum absolute atomic E-state index is 11.9. The van der Waals surface area contributed by atoms with Crippen molar-refractivity contribution in [1.29, 1.82) is 0 Å². The molecule has 0 bridgehead atoms. The highest BCUT2D eigenvalue weighted by Crippen LogP contribution is 2.32. The van der Waals surface area contributed by atoms with E-state index in [1.165, 1.54) is 19.1 Å². The monoisotopic (exact) mass is 476 g/mol. The average Bonchev–Trinajstić information content (AvgIpc) is 2.74. The zero-order valence-corrected chi connectivity index (χ0v) is 18.8. The van der Waals surface area contributed by atoms with Crippen LogP contribution in [0.25, 0.3) is 11.1 Å². The van der Waals surface area contributed by atoms with Gasteiger partial charge in [-0.2, -0.15) is 0 Å². The van der Waals surface area contributed by atoms with Gasteiger partial charge in [0.25, 0.3) is 0 Å². The van der Waals surface area contributed by atoms with E-state index in [2.05, 4.69) is 0 Å². The predicted octanol–water partition coefficient (Wildman–Crippen LogP) is 6.98. The van der Waals surface area contributed by atoms with Crippen LogP contribution in [0.3, 0.4) is 0 Å². The number of carbonyl (C=O) groups excluding carboxylic acids is 1. The first kappa shape index (κ1) is 23.1. The number of halogens is 3. The molecule has 160 valence electrons. The zero-order valence-electron chi connectivity index (χ0n) is 16.6. The van der Waals surface area contributed by atoms with Crippen molar-refractivity contribution in [2.75, 3.05) is 0 Å². The largest absolute Gasteiger partial charge is 0.479 e. The normalized spacial score (nSPS) is 11.7. The van der Waals surface area contributed by atoms with Gasteiger partial charge in [0.2, 0.25) is 0 Å². The number of ketones is 1. The summed E-state index contributed by atoms with van der Waals surface area (Å²) in [5.41, 5.74) is 3.23. The van der Waals surface area contributed by atoms with Gasteiger partial charge in [-0.15, -0.1) is 0 Å². The molecule has 1 N–H and O–H groups in total. The fourth-order valence-electron chi connectivity index (χ4n) is 3.09. The van der Waals surface area contributed by atoms with E-state index in [9.17, 15) is 14.7 Å². The number of hydrogen-bond acceptors (Lipinski definition) is 3. The Morgan fingerprint density at radius 1 is 0.903 bits per heavy atom. The van der Waals surface area contributed by atoms with Crippen LogP contribution in [0.4, 0.5) is 0 Å². The highest BCUT2D eigenvalue weighted by molar-refractivity contribution is 6.42. The lowest BCUT2D eigenvalue weighted by atomic mass is 10.0. The van der Waals surface area contributed by atoms with Crippen LogP contribution in [0.15, 0.2) is 60.7 Å². The number of carboxylic acid groups (broad SMARTS) is 1. The van der Waals surface area contributed by atoms with E-state index in [0.717, 1.165) is 16.7 Å². The fraction of sp³-hybridized carbons (Fsp3) is 0.167. The molecule has 1 unspecified atom stereocenters. The van der Waals surface area contributed by atoms with E-state index in [1.807, 2.05) is 48.5 Å². The van der Waals surface area contributed by atoms with Crippen LogP contribution in [0.1, 0.15) is 29.3 Å². The standard InChI is InChI=1S/C24H19Cl3O4/c1-14(28)19-12-20(26)21(27)13-23(19)31-22(24(29)30)11-4-15-2-5-16(6-3-15)17-7-9-18(25)10-8-17/h2-3,5-10,12-13,22H,4,11H2,1H3,(H,29,30). The molecule has 4 nitrogen and oxygen atoms in total. The third-order valence-electron chi connectivity index (χ3n) is 4.77. The van der Waals surface area contributed by atoms with Gasteiger partial charge >= 0.3 is 5.97 Å². The third-order valence-corrected chi connectivity index (χ3v) is 5.75. The average molecular weight is 478 g/mol. The minimum atomic E-state index is -1.15. The minimum Gasteiger partial charge on any atom is -0.479 e. The van der Waals surface area contributed by atoms with E-state index in [1.54, 1.807) is 0 Å². The molecule has 0 radical (unpaired) electrons. The van der Waals surface area contributed by atoms with Gasteiger partial charge in [-0.1, -0.05) is 71.2 Å². The smallest absolute Gasteiger partial charge is 0.344 e. The lowest BCUT2D eigenvalue weighted by Crippen LogP contribution is -2.28. The molecule has 0 fully saturated rings. The van der Waals surface area contributed by atoms with Gasteiger partial charge in [0.1, 0.15) is 5.75 Å². The number of hydrogen-bond donors (Lipinski definition) is 1. The molecule has 0 amide bonds. The van der Waals surface area contributed by atoms with Gasteiger partial charge in [-0.25, -0.2) is 4.79 Å². The Morgan fingerprint density at radius 3 is 2.00 bits per heavy atom. The molecule has 3 aromatic rings. The summed E-state index contributed by atoms with van der Waals surface area (Å²) in [4.78, 5) is 23.6. The molecule has 0 aliphatic rings. The summed E-state index contributed by atoms with van der Waals surface area (Å²) in [5.74, 6) is -1.32. The molecule has 7 heteroatoms. The minimum absolute atomic E-state index is 0.104. The van der Waals surface area contributed by atoms with Crippen molar-refractivity contribution in [3.8, 4) is 16.9 Å². The van der Waals surface area contributed by atoms with Crippen LogP contribution in [0, 0.1) is 0 Å². The van der Waals surface area contributed by atoms with Crippen molar-refractivity contribution in [2.24, 2.45) is 0 Å². The van der Waals surface area contributed by atoms with Crippen molar-refractivity contribution in [3.63, 3.8) is 0 Å². The molecular formula is C24H19Cl3O4. The van der Waals surface area contributed by atoms with E-state index in [4.69, 9.17) is 39.5 Å². The zero-order chi connectivity index (χ0) is 22.5. The molecule has 0 heterocycles. The van der Waals surface area contributed by atoms with Crippen molar-refractivity contribution in [3.05, 3.63) is 86.9 Å². The third kappa shape index (κ3) is 6.01. The van der Waals surface area contributed by atoms with Crippen LogP contribution in [0.2, 0.25) is 15.1 Å². The lowest BCUT2D eigenvalue weighted by Gasteiger charge is -2.18. The summed E-state index contributed by atoms with van der Waals surface area (Å²) in [7, 11) is 0. The maximum atomic E-state index is 11.9. The summed E-state index contributed by atoms with van der Waals surface area (Å²) in [6.07, 6.45) is -0.451. The Balaban J connectivity index is 1.72. The highest BCUT2D eigenvalue weighted by Gasteiger charge is 2.23. The highest BCUT2D eigenvalue weighted by atomic mass is 35.5. The number of aliphatic carboxylic acids is 1. The Bertz CT molecular complexity index is 1090. The number of ether oxygens (including phenoxy) is 1. The number of aryl methyl sites for hydroxylation is 1. The van der Waals surface area contributed by atoms with E-state index in [-0.39, 0.29) is 33.6 Å². The van der Waals surface area contributed by atoms with Crippen LogP contribution >= 0.6 is 34.8 Å². The second kappa shape index (κ2) is 10.2. The Morgan fingerprint density at radius 2 is 1.45 bits per heavy atom. The maximum Gasteiger partial charge on any atom is 0.344 e. The first-order chi connectivity index (χ1) is 14.7. The van der Waals surface area contributed by atoms with Gasteiger partial charge in [0, 0.05) is 11.1 Å². The molecular weight excluding hydrogens is 459 g/mol. The SMILES string of the molecule is CC(=O)c1cc(Cl)c(Cl)cc1OC(CCc1ccc(-c2ccc(Cl)cc2)cc1)C(=O)O. The van der Waals surface area contributed by atoms with Crippen LogP contribution in [-0.2, 0) is 11.2 Å². The lowest BCUT2D eigenvalue weighted by molar-refractivity contribution is -0.145. The molecule has 1 atom stereocenters. The molecule has 31 heavy (non-hydrogen) atoms. The Labute approximate surface area is 195 Å². The molecule has 0 saturated carbocycles. The second-order valence-electron chi connectivity index (χ2n) is 7.01. The number of benzene rings is 3. The molecule has 0 aliphatic heterocycles. The number of carboxylic acids is 1. The van der Waals surface area contributed by atoms with Gasteiger partial charge in [0.15, 0.2) is 11.9 Å². The Kier molecular flexibility index (Phi) is 7.60. The van der Waals surface area contributed by atoms with Gasteiger partial charge < -0.3 is 9.84 Å². The van der Waals surface area contributed by atoms with E-state index >= 15 is 0 Å². The van der Waals surface area contributed by atoms with Crippen molar-refractivity contribution in [1.82, 2.24) is 0 Å². The summed E-state index contributed by atoms with van der Waals surface area (Å²) in [6.45, 7) is 1.35. The van der Waals surface area contributed by atoms with E-state index < -0.39 is 12.1 Å². The van der Waals surface area contributed by atoms with Crippen LogP contribution < -0.4 is 4.74 Å². The quantitative estimate of drug-likeness (QED) is 0.355. The number of rotatable bonds is 8. The molecule has 0 aromatic heterocycles. The molecule has 0 saturated heterocycles. The summed E-state index contributed by atoms with van der Waals surface area (Å²) in [5, 5.41) is 10.7. The molecule has 3 aromatic carbocycles. The predicted molar refractivity (Wildman–Crippen MR) is 124 cm³/mol. The fourth-order valence-corrected chi connectivity index (χ4v) is 3.53. The Hall–Kier alpha value is -2.53. The van der Waals surface area contributed by atoms with E-state index in [0.29, 0.717) is 11.4 Å².